The second kappa shape index (κ2) is 3.26. The zero-order chi connectivity index (χ0) is 10.4. The Bertz CT molecular complexity index is 588. The number of aromatic nitrogens is 2. The molecule has 3 aromatic heterocycles. The van der Waals surface area contributed by atoms with E-state index >= 15 is 0 Å². The Morgan fingerprint density at radius 1 is 1.27 bits per heavy atom. The van der Waals surface area contributed by atoms with Crippen molar-refractivity contribution in [2.45, 2.75) is 6.92 Å². The molecule has 76 valence electrons. The predicted octanol–water partition coefficient (Wildman–Crippen LogP) is 3.37. The Labute approximate surface area is 98.2 Å². The number of aryl methyl sites for hydroxylation is 1. The van der Waals surface area contributed by atoms with E-state index in [-0.39, 0.29) is 0 Å². The fourth-order valence-electron chi connectivity index (χ4n) is 1.32. The van der Waals surface area contributed by atoms with Crippen LogP contribution in [0.2, 0.25) is 0 Å². The first-order valence-electron chi connectivity index (χ1n) is 4.31. The minimum Gasteiger partial charge on any atom is -0.390 e. The lowest BCUT2D eigenvalue weighted by molar-refractivity contribution is 1.29. The maximum Gasteiger partial charge on any atom is 0.144 e. The lowest BCUT2D eigenvalue weighted by Crippen LogP contribution is -1.76. The van der Waals surface area contributed by atoms with Crippen molar-refractivity contribution in [3.63, 3.8) is 0 Å². The molecule has 3 aromatic rings. The van der Waals surface area contributed by atoms with Gasteiger partial charge in [-0.25, -0.2) is 9.97 Å². The minimum atomic E-state index is 0.824. The summed E-state index contributed by atoms with van der Waals surface area (Å²) in [4.78, 5) is 8.93. The molecule has 0 spiro atoms. The van der Waals surface area contributed by atoms with E-state index in [1.807, 2.05) is 18.4 Å². The molecule has 0 aliphatic rings. The topological polar surface area (TPSA) is 51.8 Å². The Kier molecular flexibility index (Phi) is 2.01. The third kappa shape index (κ3) is 1.54. The average molecular weight is 253 g/mol. The lowest BCUT2D eigenvalue weighted by atomic mass is 10.5. The van der Waals surface area contributed by atoms with E-state index < -0.39 is 0 Å². The lowest BCUT2D eigenvalue weighted by Gasteiger charge is -1.85. The van der Waals surface area contributed by atoms with Crippen LogP contribution in [0.3, 0.4) is 0 Å². The molecule has 0 bridgehead atoms. The molecule has 3 heterocycles. The molecule has 0 aliphatic carbocycles. The van der Waals surface area contributed by atoms with Crippen molar-refractivity contribution >= 4 is 48.5 Å². The first-order chi connectivity index (χ1) is 7.22. The van der Waals surface area contributed by atoms with Crippen LogP contribution in [-0.2, 0) is 0 Å². The van der Waals surface area contributed by atoms with E-state index in [1.54, 1.807) is 34.0 Å². The Hall–Kier alpha value is -0.980. The molecule has 0 aromatic carbocycles. The van der Waals surface area contributed by atoms with Gasteiger partial charge in [-0.3, -0.25) is 0 Å². The van der Waals surface area contributed by atoms with Crippen LogP contribution < -0.4 is 5.73 Å². The number of fused-ring (bicyclic) bond motifs is 1. The molecule has 0 atom stereocenters. The molecule has 0 aliphatic heterocycles. The maximum absolute atomic E-state index is 5.70. The molecule has 2 N–H and O–H groups in total. The van der Waals surface area contributed by atoms with Crippen LogP contribution in [0.5, 0.6) is 0 Å². The molecular formula is C9H7N3S3. The van der Waals surface area contributed by atoms with Crippen LogP contribution in [0.15, 0.2) is 11.4 Å². The van der Waals surface area contributed by atoms with Gasteiger partial charge in [-0.15, -0.1) is 34.0 Å². The second-order valence-electron chi connectivity index (χ2n) is 3.09. The van der Waals surface area contributed by atoms with Gasteiger partial charge in [0.2, 0.25) is 0 Å². The first-order valence-corrected chi connectivity index (χ1v) is 6.82. The van der Waals surface area contributed by atoms with Gasteiger partial charge in [0.05, 0.1) is 15.5 Å². The average Bonchev–Trinajstić information content (AvgIpc) is 2.78. The summed E-state index contributed by atoms with van der Waals surface area (Å²) in [6.45, 7) is 2.00. The fourth-order valence-corrected chi connectivity index (χ4v) is 4.02. The van der Waals surface area contributed by atoms with E-state index in [0.717, 1.165) is 26.2 Å². The Balaban J connectivity index is 2.15. The fraction of sp³-hybridized carbons (Fsp3) is 0.111. The van der Waals surface area contributed by atoms with E-state index in [1.165, 1.54) is 4.01 Å². The van der Waals surface area contributed by atoms with Crippen LogP contribution >= 0.6 is 34.0 Å². The van der Waals surface area contributed by atoms with Gasteiger partial charge < -0.3 is 5.73 Å². The van der Waals surface area contributed by atoms with Crippen molar-refractivity contribution in [3.05, 3.63) is 16.5 Å². The minimum absolute atomic E-state index is 0.824. The van der Waals surface area contributed by atoms with Gasteiger partial charge in [0.1, 0.15) is 14.7 Å². The van der Waals surface area contributed by atoms with Gasteiger partial charge in [0.15, 0.2) is 0 Å². The smallest absolute Gasteiger partial charge is 0.144 e. The molecule has 3 rings (SSSR count). The van der Waals surface area contributed by atoms with Gasteiger partial charge in [-0.05, 0) is 13.0 Å². The summed E-state index contributed by atoms with van der Waals surface area (Å²) in [5, 5.41) is 4.93. The Morgan fingerprint density at radius 3 is 2.80 bits per heavy atom. The highest BCUT2D eigenvalue weighted by Crippen LogP contribution is 2.36. The Morgan fingerprint density at radius 2 is 2.13 bits per heavy atom. The molecule has 0 amide bonds. The van der Waals surface area contributed by atoms with Crippen LogP contribution in [0.1, 0.15) is 5.01 Å². The van der Waals surface area contributed by atoms with Crippen LogP contribution in [0.4, 0.5) is 5.00 Å². The number of nitrogens with two attached hydrogens (primary N) is 1. The summed E-state index contributed by atoms with van der Waals surface area (Å²) in [7, 11) is 0. The summed E-state index contributed by atoms with van der Waals surface area (Å²) < 4.78 is 1.17. The molecule has 15 heavy (non-hydrogen) atoms. The second-order valence-corrected chi connectivity index (χ2v) is 6.50. The highest BCUT2D eigenvalue weighted by molar-refractivity contribution is 7.41. The number of hydrogen-bond acceptors (Lipinski definition) is 6. The third-order valence-corrected chi connectivity index (χ3v) is 4.86. The van der Waals surface area contributed by atoms with Crippen LogP contribution in [-0.4, -0.2) is 9.97 Å². The molecule has 3 nitrogen and oxygen atoms in total. The number of hydrogen-bond donors (Lipinski definition) is 1. The number of thiazole rings is 2. The van der Waals surface area contributed by atoms with Crippen LogP contribution in [0, 0.1) is 6.92 Å². The summed E-state index contributed by atoms with van der Waals surface area (Å²) in [5.74, 6) is 0. The normalized spacial score (nSPS) is 11.3. The zero-order valence-corrected chi connectivity index (χ0v) is 10.3. The van der Waals surface area contributed by atoms with Gasteiger partial charge in [0.25, 0.3) is 0 Å². The monoisotopic (exact) mass is 253 g/mol. The molecule has 0 fully saturated rings. The number of thiophene rings is 1. The van der Waals surface area contributed by atoms with E-state index in [9.17, 15) is 0 Å². The van der Waals surface area contributed by atoms with E-state index in [4.69, 9.17) is 5.73 Å². The van der Waals surface area contributed by atoms with Gasteiger partial charge in [-0.2, -0.15) is 0 Å². The summed E-state index contributed by atoms with van der Waals surface area (Å²) in [5.41, 5.74) is 7.66. The number of nitrogen functional groups attached to an aromatic ring is 1. The third-order valence-electron chi connectivity index (χ3n) is 1.95. The highest BCUT2D eigenvalue weighted by Gasteiger charge is 2.10. The molecule has 6 heteroatoms. The zero-order valence-electron chi connectivity index (χ0n) is 7.85. The SMILES string of the molecule is Cc1nc(-c2nc3cc(N)sc3s2)cs1. The van der Waals surface area contributed by atoms with Crippen molar-refractivity contribution < 1.29 is 0 Å². The van der Waals surface area contributed by atoms with Crippen molar-refractivity contribution in [1.29, 1.82) is 0 Å². The molecular weight excluding hydrogens is 246 g/mol. The van der Waals surface area contributed by atoms with Gasteiger partial charge in [0, 0.05) is 5.38 Å². The number of rotatable bonds is 1. The van der Waals surface area contributed by atoms with Crippen molar-refractivity contribution in [2.75, 3.05) is 5.73 Å². The first kappa shape index (κ1) is 9.26. The summed E-state index contributed by atoms with van der Waals surface area (Å²) in [6, 6.07) is 1.92. The summed E-state index contributed by atoms with van der Waals surface area (Å²) in [6.07, 6.45) is 0. The molecule has 0 saturated carbocycles. The standard InChI is InChI=1S/C9H7N3S3/c1-4-11-6(3-13-4)8-12-5-2-7(10)14-9(5)15-8/h2-3H,10H2,1H3. The van der Waals surface area contributed by atoms with Gasteiger partial charge in [-0.1, -0.05) is 0 Å². The van der Waals surface area contributed by atoms with Crippen molar-refractivity contribution in [2.24, 2.45) is 0 Å². The summed E-state index contributed by atoms with van der Waals surface area (Å²) >= 11 is 4.89. The number of anilines is 1. The molecule has 0 unspecified atom stereocenters. The predicted molar refractivity (Wildman–Crippen MR) is 67.8 cm³/mol. The molecule has 0 saturated heterocycles. The highest BCUT2D eigenvalue weighted by atomic mass is 32.2. The van der Waals surface area contributed by atoms with Crippen LogP contribution in [0.25, 0.3) is 20.2 Å². The van der Waals surface area contributed by atoms with Crippen molar-refractivity contribution in [3.8, 4) is 10.7 Å². The van der Waals surface area contributed by atoms with Gasteiger partial charge >= 0.3 is 0 Å². The van der Waals surface area contributed by atoms with E-state index in [2.05, 4.69) is 9.97 Å². The quantitative estimate of drug-likeness (QED) is 0.723. The van der Waals surface area contributed by atoms with Crippen molar-refractivity contribution in [1.82, 2.24) is 9.97 Å². The largest absolute Gasteiger partial charge is 0.390 e. The number of nitrogens with zero attached hydrogens (tertiary/aromatic N) is 2. The van der Waals surface area contributed by atoms with E-state index in [0.29, 0.717) is 0 Å². The molecule has 0 radical (unpaired) electrons. The maximum atomic E-state index is 5.70.